The van der Waals surface area contributed by atoms with Crippen LogP contribution in [0, 0.1) is 0 Å². The Kier molecular flexibility index (Phi) is 5.40. The summed E-state index contributed by atoms with van der Waals surface area (Å²) >= 11 is 0. The van der Waals surface area contributed by atoms with E-state index < -0.39 is 0 Å². The molecule has 1 aromatic carbocycles. The number of ether oxygens (including phenoxy) is 2. The molecule has 0 spiro atoms. The van der Waals surface area contributed by atoms with Crippen molar-refractivity contribution in [2.45, 2.75) is 32.0 Å². The van der Waals surface area contributed by atoms with Crippen LogP contribution in [0.25, 0.3) is 0 Å². The molecule has 20 heavy (non-hydrogen) atoms. The predicted octanol–water partition coefficient (Wildman–Crippen LogP) is 2.06. The van der Waals surface area contributed by atoms with Crippen molar-refractivity contribution in [3.05, 3.63) is 29.8 Å². The maximum Gasteiger partial charge on any atom is 0.123 e. The molecule has 2 rings (SSSR count). The first-order chi connectivity index (χ1) is 9.67. The molecule has 0 radical (unpaired) electrons. The topological polar surface area (TPSA) is 33.7 Å². The lowest BCUT2D eigenvalue weighted by atomic mass is 9.98. The zero-order chi connectivity index (χ0) is 14.5. The van der Waals surface area contributed by atoms with E-state index in [1.165, 1.54) is 0 Å². The van der Waals surface area contributed by atoms with E-state index in [0.717, 1.165) is 31.0 Å². The molecule has 1 aliphatic heterocycles. The molecule has 4 nitrogen and oxygen atoms in total. The second kappa shape index (κ2) is 7.07. The minimum Gasteiger partial charge on any atom is -0.496 e. The lowest BCUT2D eigenvalue weighted by Gasteiger charge is -2.39. The van der Waals surface area contributed by atoms with E-state index in [9.17, 15) is 0 Å². The Morgan fingerprint density at radius 3 is 2.75 bits per heavy atom. The van der Waals surface area contributed by atoms with Crippen molar-refractivity contribution in [1.29, 1.82) is 0 Å². The summed E-state index contributed by atoms with van der Waals surface area (Å²) in [5, 5.41) is 3.39. The Hall–Kier alpha value is -1.10. The third-order valence-electron chi connectivity index (χ3n) is 4.01. The van der Waals surface area contributed by atoms with Gasteiger partial charge in [-0.2, -0.15) is 0 Å². The van der Waals surface area contributed by atoms with E-state index in [2.05, 4.69) is 30.1 Å². The van der Waals surface area contributed by atoms with Gasteiger partial charge in [-0.05, 0) is 27.0 Å². The molecule has 1 N–H and O–H groups in total. The van der Waals surface area contributed by atoms with Gasteiger partial charge < -0.3 is 14.8 Å². The molecule has 1 saturated heterocycles. The van der Waals surface area contributed by atoms with Gasteiger partial charge in [0.2, 0.25) is 0 Å². The normalized spacial score (nSPS) is 21.9. The van der Waals surface area contributed by atoms with E-state index in [1.54, 1.807) is 7.11 Å². The molecule has 1 aromatic rings. The Balaban J connectivity index is 2.19. The largest absolute Gasteiger partial charge is 0.496 e. The number of rotatable bonds is 5. The number of para-hydroxylation sites is 1. The number of benzene rings is 1. The molecule has 0 amide bonds. The van der Waals surface area contributed by atoms with Gasteiger partial charge in [-0.3, -0.25) is 4.90 Å². The summed E-state index contributed by atoms with van der Waals surface area (Å²) in [7, 11) is 3.70. The second-order valence-electron chi connectivity index (χ2n) is 5.51. The lowest BCUT2D eigenvalue weighted by molar-refractivity contribution is -0.0553. The number of nitrogens with zero attached hydrogens (tertiary/aromatic N) is 1. The summed E-state index contributed by atoms with van der Waals surface area (Å²) < 4.78 is 11.5. The predicted molar refractivity (Wildman–Crippen MR) is 81.2 cm³/mol. The maximum atomic E-state index is 6.01. The van der Waals surface area contributed by atoms with Gasteiger partial charge in [-0.25, -0.2) is 0 Å². The van der Waals surface area contributed by atoms with Crippen LogP contribution in [0.3, 0.4) is 0 Å². The summed E-state index contributed by atoms with van der Waals surface area (Å²) in [6.45, 7) is 7.22. The number of nitrogens with one attached hydrogen (secondary N) is 1. The molecule has 0 bridgehead atoms. The van der Waals surface area contributed by atoms with Gasteiger partial charge in [0, 0.05) is 24.7 Å². The molecule has 1 fully saturated rings. The molecule has 0 aliphatic carbocycles. The van der Waals surface area contributed by atoms with Gasteiger partial charge in [0.1, 0.15) is 5.75 Å². The number of methoxy groups -OCH3 is 1. The summed E-state index contributed by atoms with van der Waals surface area (Å²) in [5.41, 5.74) is 1.16. The maximum absolute atomic E-state index is 6.01. The third-order valence-corrected chi connectivity index (χ3v) is 4.01. The van der Waals surface area contributed by atoms with Crippen LogP contribution in [0.2, 0.25) is 0 Å². The number of hydrogen-bond acceptors (Lipinski definition) is 4. The van der Waals surface area contributed by atoms with Crippen LogP contribution in [-0.2, 0) is 4.74 Å². The van der Waals surface area contributed by atoms with Crippen LogP contribution in [0.1, 0.15) is 25.5 Å². The number of likely N-dealkylation sites (N-methyl/N-ethyl adjacent to an activating group) is 1. The average Bonchev–Trinajstić information content (AvgIpc) is 2.49. The average molecular weight is 278 g/mol. The quantitative estimate of drug-likeness (QED) is 0.894. The highest BCUT2D eigenvalue weighted by Gasteiger charge is 2.30. The third kappa shape index (κ3) is 3.32. The Morgan fingerprint density at radius 1 is 1.35 bits per heavy atom. The molecule has 1 aliphatic rings. The summed E-state index contributed by atoms with van der Waals surface area (Å²) in [6.07, 6.45) is 0.146. The monoisotopic (exact) mass is 278 g/mol. The standard InChI is InChI=1S/C16H26N2O2/c1-12(2)18-9-10-20-15(11-18)16(17-3)13-7-5-6-8-14(13)19-4/h5-8,12,15-17H,9-11H2,1-4H3. The van der Waals surface area contributed by atoms with Gasteiger partial charge in [-0.15, -0.1) is 0 Å². The van der Waals surface area contributed by atoms with Crippen molar-refractivity contribution in [1.82, 2.24) is 10.2 Å². The van der Waals surface area contributed by atoms with Gasteiger partial charge >= 0.3 is 0 Å². The Morgan fingerprint density at radius 2 is 2.10 bits per heavy atom. The Labute approximate surface area is 122 Å². The van der Waals surface area contributed by atoms with Crippen LogP contribution >= 0.6 is 0 Å². The van der Waals surface area contributed by atoms with Crippen LogP contribution in [0.4, 0.5) is 0 Å². The SMILES string of the molecule is CNC(c1ccccc1OC)C1CN(C(C)C)CCO1. The van der Waals surface area contributed by atoms with E-state index in [-0.39, 0.29) is 12.1 Å². The van der Waals surface area contributed by atoms with Crippen molar-refractivity contribution in [2.24, 2.45) is 0 Å². The fraction of sp³-hybridized carbons (Fsp3) is 0.625. The highest BCUT2D eigenvalue weighted by Crippen LogP contribution is 2.29. The van der Waals surface area contributed by atoms with Crippen LogP contribution in [0.5, 0.6) is 5.75 Å². The first-order valence-corrected chi connectivity index (χ1v) is 7.33. The van der Waals surface area contributed by atoms with Gasteiger partial charge in [0.25, 0.3) is 0 Å². The lowest BCUT2D eigenvalue weighted by Crippen LogP contribution is -2.49. The van der Waals surface area contributed by atoms with Crippen LogP contribution in [-0.4, -0.2) is 50.9 Å². The van der Waals surface area contributed by atoms with Gasteiger partial charge in [0.15, 0.2) is 0 Å². The minimum absolute atomic E-state index is 0.146. The second-order valence-corrected chi connectivity index (χ2v) is 5.51. The molecule has 2 unspecified atom stereocenters. The fourth-order valence-electron chi connectivity index (χ4n) is 2.83. The minimum atomic E-state index is 0.146. The fourth-order valence-corrected chi connectivity index (χ4v) is 2.83. The van der Waals surface area contributed by atoms with E-state index in [4.69, 9.17) is 9.47 Å². The highest BCUT2D eigenvalue weighted by atomic mass is 16.5. The zero-order valence-electron chi connectivity index (χ0n) is 12.9. The van der Waals surface area contributed by atoms with Crippen molar-refractivity contribution < 1.29 is 9.47 Å². The molecule has 4 heteroatoms. The Bertz CT molecular complexity index is 423. The van der Waals surface area contributed by atoms with Crippen molar-refractivity contribution in [3.8, 4) is 5.75 Å². The molecule has 1 heterocycles. The van der Waals surface area contributed by atoms with Crippen LogP contribution < -0.4 is 10.1 Å². The summed E-state index contributed by atoms with van der Waals surface area (Å²) in [4.78, 5) is 2.47. The molecule has 2 atom stereocenters. The van der Waals surface area contributed by atoms with E-state index in [0.29, 0.717) is 6.04 Å². The summed E-state index contributed by atoms with van der Waals surface area (Å²) in [5.74, 6) is 0.914. The van der Waals surface area contributed by atoms with Crippen LogP contribution in [0.15, 0.2) is 24.3 Å². The van der Waals surface area contributed by atoms with E-state index >= 15 is 0 Å². The van der Waals surface area contributed by atoms with Crippen molar-refractivity contribution in [3.63, 3.8) is 0 Å². The van der Waals surface area contributed by atoms with Crippen molar-refractivity contribution in [2.75, 3.05) is 33.9 Å². The number of hydrogen-bond donors (Lipinski definition) is 1. The van der Waals surface area contributed by atoms with Crippen molar-refractivity contribution >= 4 is 0 Å². The molecular weight excluding hydrogens is 252 g/mol. The molecule has 0 aromatic heterocycles. The van der Waals surface area contributed by atoms with Gasteiger partial charge in [0.05, 0.1) is 25.9 Å². The summed E-state index contributed by atoms with van der Waals surface area (Å²) in [6, 6.07) is 8.85. The zero-order valence-corrected chi connectivity index (χ0v) is 12.9. The van der Waals surface area contributed by atoms with E-state index in [1.807, 2.05) is 25.2 Å². The molecule has 0 saturated carbocycles. The first kappa shape index (κ1) is 15.3. The molecule has 112 valence electrons. The van der Waals surface area contributed by atoms with Gasteiger partial charge in [-0.1, -0.05) is 18.2 Å². The highest BCUT2D eigenvalue weighted by molar-refractivity contribution is 5.36. The smallest absolute Gasteiger partial charge is 0.123 e. The number of morpholine rings is 1. The molecular formula is C16H26N2O2. The first-order valence-electron chi connectivity index (χ1n) is 7.33.